The molecule has 1 aromatic carbocycles. The Morgan fingerprint density at radius 3 is 2.14 bits per heavy atom. The second-order valence-electron chi connectivity index (χ2n) is 2.54. The molecule has 0 fully saturated rings. The van der Waals surface area contributed by atoms with E-state index in [2.05, 4.69) is 0 Å². The first kappa shape index (κ1) is 10.3. The highest BCUT2D eigenvalue weighted by molar-refractivity contribution is 5.98. The Morgan fingerprint density at radius 2 is 1.79 bits per heavy atom. The summed E-state index contributed by atoms with van der Waals surface area (Å²) in [6.45, 7) is 0. The Kier molecular flexibility index (Phi) is 2.90. The van der Waals surface area contributed by atoms with Gasteiger partial charge in [-0.3, -0.25) is 14.9 Å². The number of rotatable bonds is 3. The molecule has 0 unspecified atom stereocenters. The van der Waals surface area contributed by atoms with Gasteiger partial charge >= 0.3 is 0 Å². The Hall–Kier alpha value is -1.79. The molecule has 0 radical (unpaired) electrons. The van der Waals surface area contributed by atoms with E-state index in [0.29, 0.717) is 0 Å². The average Bonchev–Trinajstić information content (AvgIpc) is 2.16. The van der Waals surface area contributed by atoms with E-state index < -0.39 is 17.0 Å². The maximum absolute atomic E-state index is 11.0. The van der Waals surface area contributed by atoms with Crippen molar-refractivity contribution >= 4 is 11.5 Å². The highest BCUT2D eigenvalue weighted by Gasteiger charge is 2.14. The monoisotopic (exact) mass is 197 g/mol. The summed E-state index contributed by atoms with van der Waals surface area (Å²) in [5.41, 5.74) is -0.139. The number of non-ortho nitro benzene ring substituents is 1. The zero-order valence-corrected chi connectivity index (χ0v) is 6.95. The minimum absolute atomic E-state index is 0.0191. The quantitative estimate of drug-likeness (QED) is 0.309. The molecule has 1 aromatic rings. The van der Waals surface area contributed by atoms with Crippen molar-refractivity contribution in [2.45, 2.75) is 6.29 Å². The number of hydrogen-bond acceptors (Lipinski definition) is 5. The van der Waals surface area contributed by atoms with Gasteiger partial charge in [-0.05, 0) is 12.1 Å². The maximum atomic E-state index is 11.0. The minimum Gasteiger partial charge on any atom is -0.362 e. The smallest absolute Gasteiger partial charge is 0.269 e. The number of nitro benzene ring substituents is 1. The highest BCUT2D eigenvalue weighted by atomic mass is 16.6. The van der Waals surface area contributed by atoms with E-state index in [1.807, 2.05) is 0 Å². The molecule has 0 spiro atoms. The lowest BCUT2D eigenvalue weighted by Gasteiger charge is -2.01. The van der Waals surface area contributed by atoms with Gasteiger partial charge in [-0.1, -0.05) is 0 Å². The lowest BCUT2D eigenvalue weighted by Crippen LogP contribution is -2.19. The van der Waals surface area contributed by atoms with Crippen LogP contribution in [0.4, 0.5) is 5.69 Å². The van der Waals surface area contributed by atoms with Crippen molar-refractivity contribution in [3.05, 3.63) is 39.9 Å². The van der Waals surface area contributed by atoms with Crippen LogP contribution in [0.15, 0.2) is 24.3 Å². The first-order valence-electron chi connectivity index (χ1n) is 3.67. The van der Waals surface area contributed by atoms with Gasteiger partial charge in [-0.15, -0.1) is 0 Å². The highest BCUT2D eigenvalue weighted by Crippen LogP contribution is 2.12. The van der Waals surface area contributed by atoms with Crippen molar-refractivity contribution in [1.29, 1.82) is 0 Å². The van der Waals surface area contributed by atoms with Crippen LogP contribution in [0.25, 0.3) is 0 Å². The lowest BCUT2D eigenvalue weighted by molar-refractivity contribution is -0.384. The molecule has 0 aliphatic heterocycles. The van der Waals surface area contributed by atoms with Crippen molar-refractivity contribution in [3.63, 3.8) is 0 Å². The van der Waals surface area contributed by atoms with Crippen molar-refractivity contribution in [1.82, 2.24) is 0 Å². The van der Waals surface area contributed by atoms with Crippen molar-refractivity contribution in [2.24, 2.45) is 0 Å². The van der Waals surface area contributed by atoms with Crippen LogP contribution in [-0.4, -0.2) is 27.2 Å². The number of Topliss-reactive ketones (excluding diaryl/α,β-unsaturated/α-hetero) is 1. The number of aliphatic hydroxyl groups excluding tert-OH is 1. The van der Waals surface area contributed by atoms with Crippen molar-refractivity contribution < 1.29 is 19.9 Å². The standard InChI is InChI=1S/C8H7NO5/c10-7(8(11)12)5-1-3-6(4-2-5)9(13)14/h1-4,8,11-12H. The Balaban J connectivity index is 2.94. The molecule has 0 aliphatic carbocycles. The van der Waals surface area contributed by atoms with Gasteiger partial charge in [0.2, 0.25) is 12.1 Å². The number of carbonyl (C=O) groups excluding carboxylic acids is 1. The minimum atomic E-state index is -2.09. The van der Waals surface area contributed by atoms with Crippen LogP contribution < -0.4 is 0 Å². The summed E-state index contributed by atoms with van der Waals surface area (Å²) in [5, 5.41) is 27.3. The molecule has 0 bridgehead atoms. The van der Waals surface area contributed by atoms with Crippen LogP contribution in [0.1, 0.15) is 10.4 Å². The molecule has 6 nitrogen and oxygen atoms in total. The number of aliphatic hydroxyl groups is 2. The predicted molar refractivity (Wildman–Crippen MR) is 45.7 cm³/mol. The zero-order valence-electron chi connectivity index (χ0n) is 6.95. The number of benzene rings is 1. The summed E-state index contributed by atoms with van der Waals surface area (Å²) in [6, 6.07) is 4.57. The third-order valence-corrected chi connectivity index (χ3v) is 1.60. The van der Waals surface area contributed by atoms with Gasteiger partial charge < -0.3 is 10.2 Å². The normalized spacial score (nSPS) is 10.2. The fourth-order valence-corrected chi connectivity index (χ4v) is 0.896. The first-order chi connectivity index (χ1) is 6.52. The number of nitrogens with zero attached hydrogens (tertiary/aromatic N) is 1. The van der Waals surface area contributed by atoms with Gasteiger partial charge in [0.1, 0.15) is 0 Å². The third kappa shape index (κ3) is 2.12. The predicted octanol–water partition coefficient (Wildman–Crippen LogP) is 0.0882. The van der Waals surface area contributed by atoms with Crippen LogP contribution >= 0.6 is 0 Å². The molecule has 0 saturated heterocycles. The largest absolute Gasteiger partial charge is 0.362 e. The summed E-state index contributed by atoms with van der Waals surface area (Å²) < 4.78 is 0. The molecule has 14 heavy (non-hydrogen) atoms. The molecule has 0 aliphatic rings. The van der Waals surface area contributed by atoms with Gasteiger partial charge in [-0.2, -0.15) is 0 Å². The summed E-state index contributed by atoms with van der Waals surface area (Å²) in [4.78, 5) is 20.6. The molecule has 0 atom stereocenters. The molecule has 0 aromatic heterocycles. The molecular weight excluding hydrogens is 190 g/mol. The molecule has 6 heteroatoms. The Labute approximate surface area is 78.6 Å². The van der Waals surface area contributed by atoms with E-state index >= 15 is 0 Å². The van der Waals surface area contributed by atoms with Crippen LogP contribution in [0.3, 0.4) is 0 Å². The average molecular weight is 197 g/mol. The second-order valence-corrected chi connectivity index (χ2v) is 2.54. The van der Waals surface area contributed by atoms with Gasteiger partial charge in [0, 0.05) is 17.7 Å². The van der Waals surface area contributed by atoms with Crippen LogP contribution in [0.5, 0.6) is 0 Å². The number of nitro groups is 1. The second kappa shape index (κ2) is 3.95. The third-order valence-electron chi connectivity index (χ3n) is 1.60. The van der Waals surface area contributed by atoms with Crippen LogP contribution in [0, 0.1) is 10.1 Å². The van der Waals surface area contributed by atoms with E-state index in [4.69, 9.17) is 10.2 Å². The molecule has 0 saturated carbocycles. The van der Waals surface area contributed by atoms with Crippen molar-refractivity contribution in [3.8, 4) is 0 Å². The molecule has 1 rings (SSSR count). The van der Waals surface area contributed by atoms with Gasteiger partial charge in [0.25, 0.3) is 5.69 Å². The maximum Gasteiger partial charge on any atom is 0.269 e. The van der Waals surface area contributed by atoms with Crippen molar-refractivity contribution in [2.75, 3.05) is 0 Å². The van der Waals surface area contributed by atoms with E-state index in [1.165, 1.54) is 12.1 Å². The van der Waals surface area contributed by atoms with E-state index in [9.17, 15) is 14.9 Å². The number of carbonyl (C=O) groups is 1. The number of ketones is 1. The summed E-state index contributed by atoms with van der Waals surface area (Å²) in [7, 11) is 0. The summed E-state index contributed by atoms with van der Waals surface area (Å²) >= 11 is 0. The number of hydrogen-bond donors (Lipinski definition) is 2. The topological polar surface area (TPSA) is 101 Å². The van der Waals surface area contributed by atoms with E-state index in [1.54, 1.807) is 0 Å². The molecule has 2 N–H and O–H groups in total. The Morgan fingerprint density at radius 1 is 1.29 bits per heavy atom. The summed E-state index contributed by atoms with van der Waals surface area (Å²) in [6.07, 6.45) is -2.09. The fraction of sp³-hybridized carbons (Fsp3) is 0.125. The zero-order chi connectivity index (χ0) is 10.7. The van der Waals surface area contributed by atoms with Gasteiger partial charge in [0.15, 0.2) is 0 Å². The molecular formula is C8H7NO5. The molecule has 0 amide bonds. The van der Waals surface area contributed by atoms with E-state index in [0.717, 1.165) is 12.1 Å². The molecule has 0 heterocycles. The fourth-order valence-electron chi connectivity index (χ4n) is 0.896. The van der Waals surface area contributed by atoms with Crippen LogP contribution in [-0.2, 0) is 0 Å². The first-order valence-corrected chi connectivity index (χ1v) is 3.67. The van der Waals surface area contributed by atoms with Crippen LogP contribution in [0.2, 0.25) is 0 Å². The Bertz CT molecular complexity index is 356. The summed E-state index contributed by atoms with van der Waals surface area (Å²) in [5.74, 6) is -0.889. The van der Waals surface area contributed by atoms with E-state index in [-0.39, 0.29) is 11.3 Å². The van der Waals surface area contributed by atoms with Gasteiger partial charge in [0.05, 0.1) is 4.92 Å². The van der Waals surface area contributed by atoms with Gasteiger partial charge in [-0.25, -0.2) is 0 Å². The SMILES string of the molecule is O=C(c1ccc([N+](=O)[O-])cc1)C(O)O. The molecule has 74 valence electrons. The lowest BCUT2D eigenvalue weighted by atomic mass is 10.1.